The van der Waals surface area contributed by atoms with Gasteiger partial charge in [0.05, 0.1) is 13.7 Å². The summed E-state index contributed by atoms with van der Waals surface area (Å²) in [5.41, 5.74) is -0.634. The topological polar surface area (TPSA) is 75.7 Å². The molecule has 0 saturated carbocycles. The van der Waals surface area contributed by atoms with Crippen LogP contribution < -0.4 is 10.1 Å². The van der Waals surface area contributed by atoms with Crippen molar-refractivity contribution in [2.45, 2.75) is 12.5 Å². The summed E-state index contributed by atoms with van der Waals surface area (Å²) in [6.07, 6.45) is 0. The number of fused-ring (bicyclic) bond motifs is 1. The molecular formula is C23H19FN2O4. The number of urea groups is 1. The predicted molar refractivity (Wildman–Crippen MR) is 109 cm³/mol. The summed E-state index contributed by atoms with van der Waals surface area (Å²) in [7, 11) is 1.32. The van der Waals surface area contributed by atoms with Gasteiger partial charge in [0.25, 0.3) is 5.91 Å². The number of nitrogens with zero attached hydrogens (tertiary/aromatic N) is 1. The van der Waals surface area contributed by atoms with Crippen LogP contribution in [0.5, 0.6) is 5.75 Å². The van der Waals surface area contributed by atoms with Crippen LogP contribution in [0.15, 0.2) is 60.7 Å². The number of halogens is 1. The molecule has 3 aromatic carbocycles. The molecule has 1 atom stereocenters. The van der Waals surface area contributed by atoms with Crippen LogP contribution in [0.2, 0.25) is 0 Å². The van der Waals surface area contributed by atoms with Crippen molar-refractivity contribution in [2.75, 3.05) is 13.7 Å². The Balaban J connectivity index is 1.60. The molecule has 0 aliphatic carbocycles. The van der Waals surface area contributed by atoms with Crippen molar-refractivity contribution in [1.29, 1.82) is 0 Å². The molecule has 1 aliphatic rings. The normalized spacial score (nSPS) is 18.6. The minimum Gasteiger partial charge on any atom is -0.494 e. The van der Waals surface area contributed by atoms with Crippen LogP contribution >= 0.6 is 0 Å². The number of Topliss-reactive ketones (excluding diaryl/α,β-unsaturated/α-hetero) is 1. The van der Waals surface area contributed by atoms with E-state index in [1.165, 1.54) is 19.2 Å². The summed E-state index contributed by atoms with van der Waals surface area (Å²) in [5, 5.41) is 4.63. The maximum atomic E-state index is 13.9. The zero-order chi connectivity index (χ0) is 21.5. The number of carbonyl (C=O) groups excluding carboxylic acids is 3. The van der Waals surface area contributed by atoms with Crippen molar-refractivity contribution < 1.29 is 23.5 Å². The van der Waals surface area contributed by atoms with E-state index in [0.29, 0.717) is 5.56 Å². The summed E-state index contributed by atoms with van der Waals surface area (Å²) in [5.74, 6) is -1.78. The SMILES string of the molecule is COc1ccc(C(=O)CN2C(=O)N[C@](C)(c3ccc4ccccc4c3)C2=O)cc1F. The highest BCUT2D eigenvalue weighted by Crippen LogP contribution is 2.31. The number of methoxy groups -OCH3 is 1. The molecule has 1 fully saturated rings. The van der Waals surface area contributed by atoms with Gasteiger partial charge < -0.3 is 10.1 Å². The zero-order valence-corrected chi connectivity index (χ0v) is 16.4. The summed E-state index contributed by atoms with van der Waals surface area (Å²) in [6.45, 7) is 1.12. The average Bonchev–Trinajstić information content (AvgIpc) is 2.97. The number of ketones is 1. The minimum atomic E-state index is -1.30. The van der Waals surface area contributed by atoms with E-state index in [2.05, 4.69) is 5.32 Å². The van der Waals surface area contributed by atoms with Gasteiger partial charge in [-0.15, -0.1) is 0 Å². The third kappa shape index (κ3) is 3.18. The molecule has 7 heteroatoms. The lowest BCUT2D eigenvalue weighted by atomic mass is 9.90. The molecule has 1 N–H and O–H groups in total. The Labute approximate surface area is 172 Å². The van der Waals surface area contributed by atoms with Gasteiger partial charge in [0.2, 0.25) is 0 Å². The van der Waals surface area contributed by atoms with Crippen LogP contribution in [0, 0.1) is 5.82 Å². The Morgan fingerprint density at radius 2 is 1.80 bits per heavy atom. The van der Waals surface area contributed by atoms with Crippen molar-refractivity contribution in [2.24, 2.45) is 0 Å². The fraction of sp³-hybridized carbons (Fsp3) is 0.174. The van der Waals surface area contributed by atoms with E-state index >= 15 is 0 Å². The van der Waals surface area contributed by atoms with Gasteiger partial charge in [0, 0.05) is 5.56 Å². The number of nitrogens with one attached hydrogen (secondary N) is 1. The summed E-state index contributed by atoms with van der Waals surface area (Å²) in [6, 6.07) is 16.3. The van der Waals surface area contributed by atoms with Crippen LogP contribution in [0.4, 0.5) is 9.18 Å². The van der Waals surface area contributed by atoms with Gasteiger partial charge in [-0.25, -0.2) is 9.18 Å². The molecule has 0 spiro atoms. The lowest BCUT2D eigenvalue weighted by Gasteiger charge is -2.22. The Kier molecular flexibility index (Phi) is 4.73. The maximum absolute atomic E-state index is 13.9. The molecule has 3 amide bonds. The highest BCUT2D eigenvalue weighted by Gasteiger charge is 2.49. The molecule has 0 unspecified atom stereocenters. The highest BCUT2D eigenvalue weighted by atomic mass is 19.1. The summed E-state index contributed by atoms with van der Waals surface area (Å²) < 4.78 is 18.8. The smallest absolute Gasteiger partial charge is 0.325 e. The fourth-order valence-electron chi connectivity index (χ4n) is 3.61. The third-order valence-electron chi connectivity index (χ3n) is 5.38. The summed E-state index contributed by atoms with van der Waals surface area (Å²) >= 11 is 0. The number of ether oxygens (including phenoxy) is 1. The number of hydrogen-bond donors (Lipinski definition) is 1. The molecule has 0 aromatic heterocycles. The van der Waals surface area contributed by atoms with Gasteiger partial charge >= 0.3 is 6.03 Å². The lowest BCUT2D eigenvalue weighted by Crippen LogP contribution is -2.41. The first-order chi connectivity index (χ1) is 14.3. The number of carbonyl (C=O) groups is 3. The number of imide groups is 1. The van der Waals surface area contributed by atoms with Gasteiger partial charge in [-0.3, -0.25) is 14.5 Å². The van der Waals surface area contributed by atoms with E-state index in [9.17, 15) is 18.8 Å². The van der Waals surface area contributed by atoms with Crippen LogP contribution in [-0.4, -0.2) is 36.3 Å². The third-order valence-corrected chi connectivity index (χ3v) is 5.38. The number of rotatable bonds is 5. The molecule has 6 nitrogen and oxygen atoms in total. The Morgan fingerprint density at radius 3 is 2.50 bits per heavy atom. The lowest BCUT2D eigenvalue weighted by molar-refractivity contribution is -0.130. The Bertz CT molecular complexity index is 1190. The molecule has 3 aromatic rings. The van der Waals surface area contributed by atoms with Gasteiger partial charge in [0.1, 0.15) is 5.54 Å². The van der Waals surface area contributed by atoms with E-state index in [-0.39, 0.29) is 11.3 Å². The molecule has 0 radical (unpaired) electrons. The quantitative estimate of drug-likeness (QED) is 0.519. The van der Waals surface area contributed by atoms with Crippen molar-refractivity contribution >= 4 is 28.5 Å². The van der Waals surface area contributed by atoms with E-state index in [4.69, 9.17) is 4.74 Å². The standard InChI is InChI=1S/C23H19FN2O4/c1-23(17-9-7-14-5-3-4-6-15(14)11-17)21(28)26(22(29)25-23)13-19(27)16-8-10-20(30-2)18(24)12-16/h3-12H,13H2,1-2H3,(H,25,29)/t23-/m1/s1. The number of amides is 3. The van der Waals surface area contributed by atoms with E-state index in [0.717, 1.165) is 21.7 Å². The van der Waals surface area contributed by atoms with Crippen molar-refractivity contribution in [3.05, 3.63) is 77.6 Å². The van der Waals surface area contributed by atoms with Gasteiger partial charge in [0.15, 0.2) is 17.3 Å². The molecule has 1 saturated heterocycles. The average molecular weight is 406 g/mol. The van der Waals surface area contributed by atoms with Crippen molar-refractivity contribution in [3.8, 4) is 5.75 Å². The van der Waals surface area contributed by atoms with Gasteiger partial charge in [-0.05, 0) is 47.5 Å². The first-order valence-electron chi connectivity index (χ1n) is 9.33. The summed E-state index contributed by atoms with van der Waals surface area (Å²) in [4.78, 5) is 39.1. The van der Waals surface area contributed by atoms with E-state index < -0.39 is 35.6 Å². The van der Waals surface area contributed by atoms with Crippen molar-refractivity contribution in [3.63, 3.8) is 0 Å². The number of hydrogen-bond acceptors (Lipinski definition) is 4. The second-order valence-corrected chi connectivity index (χ2v) is 7.28. The Morgan fingerprint density at radius 1 is 1.07 bits per heavy atom. The Hall–Kier alpha value is -3.74. The molecule has 30 heavy (non-hydrogen) atoms. The molecule has 152 valence electrons. The van der Waals surface area contributed by atoms with Gasteiger partial charge in [-0.1, -0.05) is 36.4 Å². The minimum absolute atomic E-state index is 0.00502. The van der Waals surface area contributed by atoms with Crippen LogP contribution in [0.1, 0.15) is 22.8 Å². The predicted octanol–water partition coefficient (Wildman–Crippen LogP) is 3.64. The second kappa shape index (κ2) is 7.26. The maximum Gasteiger partial charge on any atom is 0.325 e. The largest absolute Gasteiger partial charge is 0.494 e. The first-order valence-corrected chi connectivity index (χ1v) is 9.33. The molecule has 0 bridgehead atoms. The zero-order valence-electron chi connectivity index (χ0n) is 16.4. The number of benzene rings is 3. The first kappa shape index (κ1) is 19.6. The monoisotopic (exact) mass is 406 g/mol. The van der Waals surface area contributed by atoms with Crippen LogP contribution in [0.25, 0.3) is 10.8 Å². The highest BCUT2D eigenvalue weighted by molar-refractivity contribution is 6.11. The molecular weight excluding hydrogens is 387 g/mol. The van der Waals surface area contributed by atoms with E-state index in [1.54, 1.807) is 13.0 Å². The van der Waals surface area contributed by atoms with Gasteiger partial charge in [-0.2, -0.15) is 0 Å². The van der Waals surface area contributed by atoms with E-state index in [1.807, 2.05) is 36.4 Å². The van der Waals surface area contributed by atoms with Crippen LogP contribution in [-0.2, 0) is 10.3 Å². The molecule has 1 aliphatic heterocycles. The fourth-order valence-corrected chi connectivity index (χ4v) is 3.61. The second-order valence-electron chi connectivity index (χ2n) is 7.28. The van der Waals surface area contributed by atoms with Crippen LogP contribution in [0.3, 0.4) is 0 Å². The molecule has 4 rings (SSSR count). The van der Waals surface area contributed by atoms with Crippen molar-refractivity contribution in [1.82, 2.24) is 10.2 Å². The molecule has 1 heterocycles.